The van der Waals surface area contributed by atoms with E-state index in [4.69, 9.17) is 15.2 Å². The Morgan fingerprint density at radius 2 is 1.77 bits per heavy atom. The van der Waals surface area contributed by atoms with Gasteiger partial charge in [0, 0.05) is 0 Å². The van der Waals surface area contributed by atoms with E-state index in [2.05, 4.69) is 0 Å². The molecule has 0 fully saturated rings. The summed E-state index contributed by atoms with van der Waals surface area (Å²) < 4.78 is 38.4. The predicted molar refractivity (Wildman–Crippen MR) is 113 cm³/mol. The highest BCUT2D eigenvalue weighted by atomic mass is 32.2. The first kappa shape index (κ1) is 22.2. The summed E-state index contributed by atoms with van der Waals surface area (Å²) in [4.78, 5) is 12.8. The first-order valence-electron chi connectivity index (χ1n) is 9.57. The van der Waals surface area contributed by atoms with Gasteiger partial charge in [-0.05, 0) is 43.7 Å². The Hall–Kier alpha value is -3.51. The molecule has 0 bridgehead atoms. The number of rotatable bonds is 6. The van der Waals surface area contributed by atoms with Crippen LogP contribution in [0.5, 0.6) is 5.75 Å². The second-order valence-corrected chi connectivity index (χ2v) is 8.79. The van der Waals surface area contributed by atoms with Crippen LogP contribution in [0.2, 0.25) is 0 Å². The number of nitriles is 1. The van der Waals surface area contributed by atoms with Crippen LogP contribution >= 0.6 is 0 Å². The van der Waals surface area contributed by atoms with Crippen LogP contribution in [0.15, 0.2) is 64.8 Å². The van der Waals surface area contributed by atoms with Crippen molar-refractivity contribution in [3.8, 4) is 11.8 Å². The highest BCUT2D eigenvalue weighted by molar-refractivity contribution is 7.89. The first-order valence-corrected chi connectivity index (χ1v) is 11.0. The number of nitrogens with two attached hydrogens (primary N) is 1. The molecule has 1 heterocycles. The lowest BCUT2D eigenvalue weighted by atomic mass is 9.90. The van der Waals surface area contributed by atoms with Gasteiger partial charge in [0.1, 0.15) is 17.5 Å². The molecule has 0 saturated carbocycles. The van der Waals surface area contributed by atoms with Gasteiger partial charge in [-0.25, -0.2) is 12.7 Å². The zero-order chi connectivity index (χ0) is 22.8. The molecule has 2 N–H and O–H groups in total. The van der Waals surface area contributed by atoms with E-state index < -0.39 is 28.0 Å². The van der Waals surface area contributed by atoms with E-state index in [1.165, 1.54) is 19.2 Å². The van der Waals surface area contributed by atoms with Gasteiger partial charge in [-0.1, -0.05) is 29.8 Å². The first-order chi connectivity index (χ1) is 14.8. The smallest absolute Gasteiger partial charge is 0.316 e. The van der Waals surface area contributed by atoms with Crippen LogP contribution in [0.25, 0.3) is 0 Å². The molecule has 1 aliphatic rings. The highest BCUT2D eigenvalue weighted by Gasteiger charge is 2.50. The Morgan fingerprint density at radius 1 is 1.16 bits per heavy atom. The second-order valence-electron chi connectivity index (χ2n) is 6.97. The minimum Gasteiger partial charge on any atom is -0.497 e. The largest absolute Gasteiger partial charge is 0.497 e. The maximum Gasteiger partial charge on any atom is 0.316 e. The number of carbonyl (C=O) groups is 1. The number of nitrogens with zero attached hydrogens (tertiary/aromatic N) is 2. The van der Waals surface area contributed by atoms with Crippen molar-refractivity contribution < 1.29 is 22.7 Å². The third-order valence-electron chi connectivity index (χ3n) is 5.09. The van der Waals surface area contributed by atoms with Crippen molar-refractivity contribution in [3.05, 3.63) is 71.1 Å². The van der Waals surface area contributed by atoms with E-state index in [-0.39, 0.29) is 22.9 Å². The molecule has 162 valence electrons. The van der Waals surface area contributed by atoms with Crippen LogP contribution in [0.4, 0.5) is 0 Å². The van der Waals surface area contributed by atoms with Crippen LogP contribution in [0.3, 0.4) is 0 Å². The van der Waals surface area contributed by atoms with Crippen molar-refractivity contribution >= 4 is 16.0 Å². The molecular weight excluding hydrogens is 418 g/mol. The molecule has 3 rings (SSSR count). The number of aryl methyl sites for hydroxylation is 1. The molecule has 0 spiro atoms. The second kappa shape index (κ2) is 8.70. The van der Waals surface area contributed by atoms with Gasteiger partial charge in [-0.2, -0.15) is 5.26 Å². The lowest BCUT2D eigenvalue weighted by Gasteiger charge is -2.30. The molecule has 9 heteroatoms. The molecule has 2 atom stereocenters. The van der Waals surface area contributed by atoms with Crippen LogP contribution in [-0.4, -0.2) is 32.4 Å². The van der Waals surface area contributed by atoms with Crippen LogP contribution in [-0.2, 0) is 19.6 Å². The maximum absolute atomic E-state index is 13.6. The van der Waals surface area contributed by atoms with Gasteiger partial charge in [-0.15, -0.1) is 0 Å². The minimum atomic E-state index is -4.18. The molecule has 1 aliphatic heterocycles. The summed E-state index contributed by atoms with van der Waals surface area (Å²) >= 11 is 0. The van der Waals surface area contributed by atoms with Gasteiger partial charge in [0.15, 0.2) is 0 Å². The molecular formula is C22H23N3O5S. The Kier molecular flexibility index (Phi) is 6.22. The molecule has 0 aliphatic carbocycles. The van der Waals surface area contributed by atoms with Crippen LogP contribution in [0.1, 0.15) is 24.1 Å². The number of sulfonamides is 1. The zero-order valence-electron chi connectivity index (χ0n) is 17.4. The number of methoxy groups -OCH3 is 1. The normalized spacial score (nSPS) is 18.6. The predicted octanol–water partition coefficient (Wildman–Crippen LogP) is 2.62. The average Bonchev–Trinajstić information content (AvgIpc) is 3.07. The zero-order valence-corrected chi connectivity index (χ0v) is 18.2. The van der Waals surface area contributed by atoms with E-state index in [1.54, 1.807) is 43.3 Å². The Bertz CT molecular complexity index is 1150. The third-order valence-corrected chi connectivity index (χ3v) is 6.90. The van der Waals surface area contributed by atoms with Crippen molar-refractivity contribution in [2.45, 2.75) is 24.8 Å². The highest BCUT2D eigenvalue weighted by Crippen LogP contribution is 2.46. The SMILES string of the molecule is CCOC(=O)C1C(C#N)=C(N)N(S(=O)(=O)c2ccc(C)cc2)C1c1ccc(OC)cc1. The van der Waals surface area contributed by atoms with Crippen molar-refractivity contribution in [1.29, 1.82) is 5.26 Å². The topological polar surface area (TPSA) is 123 Å². The molecule has 8 nitrogen and oxygen atoms in total. The van der Waals surface area contributed by atoms with Crippen molar-refractivity contribution in [2.75, 3.05) is 13.7 Å². The van der Waals surface area contributed by atoms with Crippen LogP contribution in [0, 0.1) is 24.2 Å². The number of hydrogen-bond acceptors (Lipinski definition) is 7. The number of esters is 1. The summed E-state index contributed by atoms with van der Waals surface area (Å²) in [6, 6.07) is 13.7. The standard InChI is InChI=1S/C22H23N3O5S/c1-4-30-22(26)19-18(13-23)21(24)25(20(19)15-7-9-16(29-3)10-8-15)31(27,28)17-11-5-14(2)6-12-17/h5-12,19-20H,4,24H2,1-3H3. The van der Waals surface area contributed by atoms with E-state index in [0.717, 1.165) is 9.87 Å². The number of carbonyl (C=O) groups excluding carboxylic acids is 1. The Morgan fingerprint density at radius 3 is 2.29 bits per heavy atom. The summed E-state index contributed by atoms with van der Waals surface area (Å²) in [6.45, 7) is 3.55. The molecule has 31 heavy (non-hydrogen) atoms. The lowest BCUT2D eigenvalue weighted by molar-refractivity contribution is -0.147. The van der Waals surface area contributed by atoms with Gasteiger partial charge in [0.05, 0.1) is 36.3 Å². The summed E-state index contributed by atoms with van der Waals surface area (Å²) in [5.41, 5.74) is 7.38. The molecule has 0 saturated heterocycles. The molecule has 0 amide bonds. The Balaban J connectivity index is 2.22. The quantitative estimate of drug-likeness (QED) is 0.684. The lowest BCUT2D eigenvalue weighted by Crippen LogP contribution is -2.37. The van der Waals surface area contributed by atoms with Gasteiger partial charge in [0.2, 0.25) is 0 Å². The molecule has 0 radical (unpaired) electrons. The van der Waals surface area contributed by atoms with Gasteiger partial charge >= 0.3 is 5.97 Å². The average molecular weight is 442 g/mol. The van der Waals surface area contributed by atoms with Crippen molar-refractivity contribution in [1.82, 2.24) is 4.31 Å². The van der Waals surface area contributed by atoms with Gasteiger partial charge < -0.3 is 15.2 Å². The number of hydrogen-bond donors (Lipinski definition) is 1. The fourth-order valence-electron chi connectivity index (χ4n) is 3.56. The maximum atomic E-state index is 13.6. The van der Waals surface area contributed by atoms with Gasteiger partial charge in [0.25, 0.3) is 10.0 Å². The van der Waals surface area contributed by atoms with Crippen LogP contribution < -0.4 is 10.5 Å². The minimum absolute atomic E-state index is 0.00126. The van der Waals surface area contributed by atoms with E-state index in [9.17, 15) is 18.5 Å². The van der Waals surface area contributed by atoms with E-state index >= 15 is 0 Å². The fraction of sp³-hybridized carbons (Fsp3) is 0.273. The molecule has 0 aromatic heterocycles. The van der Waals surface area contributed by atoms with E-state index in [0.29, 0.717) is 11.3 Å². The van der Waals surface area contributed by atoms with Gasteiger partial charge in [-0.3, -0.25) is 4.79 Å². The summed E-state index contributed by atoms with van der Waals surface area (Å²) in [7, 11) is -2.67. The van der Waals surface area contributed by atoms with Crippen molar-refractivity contribution in [2.24, 2.45) is 11.7 Å². The molecule has 2 aromatic rings. The Labute approximate surface area is 181 Å². The molecule has 2 aromatic carbocycles. The summed E-state index contributed by atoms with van der Waals surface area (Å²) in [5.74, 6) is -1.64. The summed E-state index contributed by atoms with van der Waals surface area (Å²) in [6.07, 6.45) is 0. The third kappa shape index (κ3) is 3.94. The van der Waals surface area contributed by atoms with Crippen molar-refractivity contribution in [3.63, 3.8) is 0 Å². The fourth-order valence-corrected chi connectivity index (χ4v) is 5.17. The monoisotopic (exact) mass is 441 g/mol. The summed E-state index contributed by atoms with van der Waals surface area (Å²) in [5, 5.41) is 9.72. The number of benzene rings is 2. The van der Waals surface area contributed by atoms with E-state index in [1.807, 2.05) is 13.0 Å². The molecule has 2 unspecified atom stereocenters. The number of ether oxygens (including phenoxy) is 2.